The van der Waals surface area contributed by atoms with Crippen molar-refractivity contribution in [3.63, 3.8) is 0 Å². The summed E-state index contributed by atoms with van der Waals surface area (Å²) in [4.78, 5) is 11.7. The van der Waals surface area contributed by atoms with Crippen molar-refractivity contribution in [3.8, 4) is 0 Å². The average molecular weight is 293 g/mol. The van der Waals surface area contributed by atoms with Crippen LogP contribution in [-0.2, 0) is 16.1 Å². The van der Waals surface area contributed by atoms with Crippen molar-refractivity contribution < 1.29 is 9.53 Å². The first-order valence-electron chi connectivity index (χ1n) is 7.62. The first-order valence-corrected chi connectivity index (χ1v) is 7.62. The van der Waals surface area contributed by atoms with Gasteiger partial charge in [0.15, 0.2) is 0 Å². The number of benzene rings is 1. The van der Waals surface area contributed by atoms with E-state index in [0.717, 1.165) is 11.3 Å². The molecule has 21 heavy (non-hydrogen) atoms. The Bertz CT molecular complexity index is 422. The van der Waals surface area contributed by atoms with Crippen LogP contribution in [0.1, 0.15) is 61.0 Å². The van der Waals surface area contributed by atoms with Crippen LogP contribution in [0.4, 0.5) is 5.69 Å². The standard InChI is InChI=1S/C16H25NO2.C2H6/c1-15(2,3)14(18)19-11-12-7-9-13(10-8-12)17-16(4,5)6;1-2/h7-10,17H,11H2,1-6H3;1-2H3. The number of esters is 1. The Morgan fingerprint density at radius 3 is 1.86 bits per heavy atom. The van der Waals surface area contributed by atoms with Crippen molar-refractivity contribution in [3.05, 3.63) is 29.8 Å². The van der Waals surface area contributed by atoms with E-state index in [9.17, 15) is 4.79 Å². The maximum atomic E-state index is 11.7. The van der Waals surface area contributed by atoms with E-state index in [0.29, 0.717) is 6.61 Å². The number of rotatable bonds is 3. The summed E-state index contributed by atoms with van der Waals surface area (Å²) in [6, 6.07) is 7.96. The molecule has 0 heterocycles. The van der Waals surface area contributed by atoms with Gasteiger partial charge in [-0.15, -0.1) is 0 Å². The van der Waals surface area contributed by atoms with Crippen LogP contribution in [0.15, 0.2) is 24.3 Å². The maximum Gasteiger partial charge on any atom is 0.311 e. The summed E-state index contributed by atoms with van der Waals surface area (Å²) in [5, 5.41) is 3.39. The lowest BCUT2D eigenvalue weighted by Gasteiger charge is -2.22. The van der Waals surface area contributed by atoms with E-state index < -0.39 is 5.41 Å². The first-order chi connectivity index (χ1) is 9.58. The molecule has 120 valence electrons. The number of ether oxygens (including phenoxy) is 1. The van der Waals surface area contributed by atoms with Crippen molar-refractivity contribution in [2.24, 2.45) is 5.41 Å². The van der Waals surface area contributed by atoms with E-state index in [4.69, 9.17) is 4.74 Å². The quantitative estimate of drug-likeness (QED) is 0.796. The number of nitrogens with one attached hydrogen (secondary N) is 1. The van der Waals surface area contributed by atoms with Crippen LogP contribution < -0.4 is 5.32 Å². The smallest absolute Gasteiger partial charge is 0.311 e. The van der Waals surface area contributed by atoms with Crippen LogP contribution in [0, 0.1) is 5.41 Å². The highest BCUT2D eigenvalue weighted by Gasteiger charge is 2.22. The predicted octanol–water partition coefficient (Wildman–Crippen LogP) is 5.01. The second-order valence-corrected chi connectivity index (χ2v) is 6.90. The van der Waals surface area contributed by atoms with Gasteiger partial charge in [-0.3, -0.25) is 4.79 Å². The molecule has 0 aliphatic heterocycles. The molecule has 3 heteroatoms. The van der Waals surface area contributed by atoms with Gasteiger partial charge in [0.05, 0.1) is 5.41 Å². The molecule has 1 rings (SSSR count). The number of carbonyl (C=O) groups is 1. The van der Waals surface area contributed by atoms with Gasteiger partial charge in [0.25, 0.3) is 0 Å². The summed E-state index contributed by atoms with van der Waals surface area (Å²) in [5.41, 5.74) is 1.66. The van der Waals surface area contributed by atoms with Gasteiger partial charge in [-0.25, -0.2) is 0 Å². The van der Waals surface area contributed by atoms with Crippen LogP contribution in [0.25, 0.3) is 0 Å². The predicted molar refractivity (Wildman–Crippen MR) is 90.4 cm³/mol. The highest BCUT2D eigenvalue weighted by Crippen LogP contribution is 2.18. The molecule has 0 unspecified atom stereocenters. The van der Waals surface area contributed by atoms with E-state index in [1.54, 1.807) is 0 Å². The van der Waals surface area contributed by atoms with Gasteiger partial charge in [0.1, 0.15) is 6.61 Å². The van der Waals surface area contributed by atoms with Crippen molar-refractivity contribution in [1.82, 2.24) is 0 Å². The molecule has 3 nitrogen and oxygen atoms in total. The van der Waals surface area contributed by atoms with Gasteiger partial charge in [0, 0.05) is 11.2 Å². The molecule has 0 fully saturated rings. The molecule has 1 N–H and O–H groups in total. The van der Waals surface area contributed by atoms with Crippen molar-refractivity contribution in [2.75, 3.05) is 5.32 Å². The summed E-state index contributed by atoms with van der Waals surface area (Å²) in [6.07, 6.45) is 0. The van der Waals surface area contributed by atoms with Gasteiger partial charge >= 0.3 is 5.97 Å². The Labute approximate surface area is 130 Å². The van der Waals surface area contributed by atoms with Crippen LogP contribution in [0.2, 0.25) is 0 Å². The molecule has 0 aliphatic carbocycles. The molecule has 0 aliphatic rings. The minimum atomic E-state index is -0.451. The number of hydrogen-bond donors (Lipinski definition) is 1. The minimum absolute atomic E-state index is 0.0419. The molecule has 1 aromatic carbocycles. The van der Waals surface area contributed by atoms with E-state index in [1.165, 1.54) is 0 Å². The molecule has 0 saturated carbocycles. The van der Waals surface area contributed by atoms with Crippen LogP contribution >= 0.6 is 0 Å². The summed E-state index contributed by atoms with van der Waals surface area (Å²) >= 11 is 0. The van der Waals surface area contributed by atoms with Crippen molar-refractivity contribution >= 4 is 11.7 Å². The van der Waals surface area contributed by atoms with E-state index >= 15 is 0 Å². The van der Waals surface area contributed by atoms with Crippen LogP contribution in [0.5, 0.6) is 0 Å². The fraction of sp³-hybridized carbons (Fsp3) is 0.611. The molecule has 0 saturated heterocycles. The van der Waals surface area contributed by atoms with Gasteiger partial charge in [0.2, 0.25) is 0 Å². The lowest BCUT2D eigenvalue weighted by molar-refractivity contribution is -0.154. The molecular formula is C18H31NO2. The number of anilines is 1. The summed E-state index contributed by atoms with van der Waals surface area (Å²) < 4.78 is 5.27. The topological polar surface area (TPSA) is 38.3 Å². The lowest BCUT2D eigenvalue weighted by Crippen LogP contribution is -2.26. The van der Waals surface area contributed by atoms with Crippen LogP contribution in [0.3, 0.4) is 0 Å². The third-order valence-corrected chi connectivity index (χ3v) is 2.46. The average Bonchev–Trinajstić information content (AvgIpc) is 2.37. The fourth-order valence-electron chi connectivity index (χ4n) is 1.48. The normalized spacial score (nSPS) is 11.2. The van der Waals surface area contributed by atoms with E-state index in [2.05, 4.69) is 26.1 Å². The molecule has 0 bridgehead atoms. The zero-order chi connectivity index (χ0) is 16.7. The van der Waals surface area contributed by atoms with Gasteiger partial charge < -0.3 is 10.1 Å². The maximum absolute atomic E-state index is 11.7. The summed E-state index contributed by atoms with van der Waals surface area (Å²) in [7, 11) is 0. The molecule has 0 spiro atoms. The Kier molecular flexibility index (Phi) is 7.48. The molecular weight excluding hydrogens is 262 g/mol. The molecule has 0 radical (unpaired) electrons. The van der Waals surface area contributed by atoms with Gasteiger partial charge in [-0.05, 0) is 59.2 Å². The molecule has 0 atom stereocenters. The third-order valence-electron chi connectivity index (χ3n) is 2.46. The fourth-order valence-corrected chi connectivity index (χ4v) is 1.48. The van der Waals surface area contributed by atoms with E-state index in [1.807, 2.05) is 58.9 Å². The Morgan fingerprint density at radius 1 is 1.00 bits per heavy atom. The zero-order valence-corrected chi connectivity index (χ0v) is 14.8. The van der Waals surface area contributed by atoms with Crippen molar-refractivity contribution in [1.29, 1.82) is 0 Å². The van der Waals surface area contributed by atoms with Crippen molar-refractivity contribution in [2.45, 2.75) is 67.5 Å². The Hall–Kier alpha value is -1.51. The Morgan fingerprint density at radius 2 is 1.48 bits per heavy atom. The lowest BCUT2D eigenvalue weighted by atomic mass is 9.97. The Balaban J connectivity index is 0.00000191. The summed E-state index contributed by atoms with van der Waals surface area (Å²) in [6.45, 7) is 16.2. The SMILES string of the molecule is CC.CC(C)(C)Nc1ccc(COC(=O)C(C)(C)C)cc1. The largest absolute Gasteiger partial charge is 0.460 e. The number of hydrogen-bond acceptors (Lipinski definition) is 3. The second kappa shape index (κ2) is 8.06. The second-order valence-electron chi connectivity index (χ2n) is 6.90. The van der Waals surface area contributed by atoms with Crippen LogP contribution in [-0.4, -0.2) is 11.5 Å². The molecule has 0 aromatic heterocycles. The third kappa shape index (κ3) is 8.38. The molecule has 0 amide bonds. The highest BCUT2D eigenvalue weighted by molar-refractivity contribution is 5.75. The van der Waals surface area contributed by atoms with Gasteiger partial charge in [-0.2, -0.15) is 0 Å². The molecule has 1 aromatic rings. The zero-order valence-electron chi connectivity index (χ0n) is 14.8. The van der Waals surface area contributed by atoms with E-state index in [-0.39, 0.29) is 11.5 Å². The number of carbonyl (C=O) groups excluding carboxylic acids is 1. The first kappa shape index (κ1) is 19.5. The minimum Gasteiger partial charge on any atom is -0.460 e. The van der Waals surface area contributed by atoms with Gasteiger partial charge in [-0.1, -0.05) is 26.0 Å². The monoisotopic (exact) mass is 293 g/mol. The summed E-state index contributed by atoms with van der Waals surface area (Å²) in [5.74, 6) is -0.176. The highest BCUT2D eigenvalue weighted by atomic mass is 16.5.